The van der Waals surface area contributed by atoms with Crippen molar-refractivity contribution in [3.05, 3.63) is 23.2 Å². The molecule has 1 N–H and O–H groups in total. The van der Waals surface area contributed by atoms with Gasteiger partial charge in [-0.05, 0) is 25.0 Å². The SMILES string of the molecule is Clc1cccc2sc(NCC3CCCO3)nc12. The molecule has 0 amide bonds. The summed E-state index contributed by atoms with van der Waals surface area (Å²) in [5.41, 5.74) is 0.883. The third kappa shape index (κ3) is 2.39. The van der Waals surface area contributed by atoms with E-state index in [0.29, 0.717) is 11.1 Å². The van der Waals surface area contributed by atoms with Crippen LogP contribution in [0.25, 0.3) is 10.2 Å². The van der Waals surface area contributed by atoms with Crippen LogP contribution in [-0.4, -0.2) is 24.2 Å². The number of fused-ring (bicyclic) bond motifs is 1. The summed E-state index contributed by atoms with van der Waals surface area (Å²) in [7, 11) is 0. The first-order chi connectivity index (χ1) is 8.33. The minimum absolute atomic E-state index is 0.331. The number of thiazole rings is 1. The van der Waals surface area contributed by atoms with Crippen molar-refractivity contribution in [3.63, 3.8) is 0 Å². The quantitative estimate of drug-likeness (QED) is 0.925. The molecule has 1 unspecified atom stereocenters. The number of nitrogens with one attached hydrogen (secondary N) is 1. The summed E-state index contributed by atoms with van der Waals surface area (Å²) in [4.78, 5) is 4.49. The summed E-state index contributed by atoms with van der Waals surface area (Å²) in [6, 6.07) is 5.86. The fourth-order valence-electron chi connectivity index (χ4n) is 2.00. The van der Waals surface area contributed by atoms with Gasteiger partial charge in [-0.2, -0.15) is 0 Å². The predicted molar refractivity (Wildman–Crippen MR) is 72.1 cm³/mol. The molecule has 1 aliphatic heterocycles. The van der Waals surface area contributed by atoms with E-state index < -0.39 is 0 Å². The number of anilines is 1. The first-order valence-electron chi connectivity index (χ1n) is 5.73. The molecule has 2 aromatic rings. The highest BCUT2D eigenvalue weighted by atomic mass is 35.5. The van der Waals surface area contributed by atoms with Gasteiger partial charge in [0.1, 0.15) is 5.52 Å². The minimum atomic E-state index is 0.331. The highest BCUT2D eigenvalue weighted by Gasteiger charge is 2.15. The number of rotatable bonds is 3. The molecule has 0 aliphatic carbocycles. The molecule has 1 aromatic heterocycles. The Kier molecular flexibility index (Phi) is 3.18. The number of nitrogens with zero attached hydrogens (tertiary/aromatic N) is 1. The molecule has 17 heavy (non-hydrogen) atoms. The van der Waals surface area contributed by atoms with Gasteiger partial charge in [-0.1, -0.05) is 29.0 Å². The second-order valence-electron chi connectivity index (χ2n) is 4.12. The first-order valence-corrected chi connectivity index (χ1v) is 6.93. The van der Waals surface area contributed by atoms with Crippen LogP contribution < -0.4 is 5.32 Å². The zero-order valence-corrected chi connectivity index (χ0v) is 10.9. The zero-order chi connectivity index (χ0) is 11.7. The van der Waals surface area contributed by atoms with Crippen molar-refractivity contribution in [3.8, 4) is 0 Å². The van der Waals surface area contributed by atoms with Crippen LogP contribution in [0.2, 0.25) is 5.02 Å². The van der Waals surface area contributed by atoms with Crippen molar-refractivity contribution in [2.24, 2.45) is 0 Å². The van der Waals surface area contributed by atoms with Crippen molar-refractivity contribution in [2.45, 2.75) is 18.9 Å². The van der Waals surface area contributed by atoms with Gasteiger partial charge in [0.2, 0.25) is 0 Å². The van der Waals surface area contributed by atoms with Crippen LogP contribution in [0, 0.1) is 0 Å². The largest absolute Gasteiger partial charge is 0.376 e. The van der Waals surface area contributed by atoms with E-state index in [1.165, 1.54) is 0 Å². The Morgan fingerprint density at radius 1 is 1.53 bits per heavy atom. The van der Waals surface area contributed by atoms with Gasteiger partial charge >= 0.3 is 0 Å². The van der Waals surface area contributed by atoms with Gasteiger partial charge < -0.3 is 10.1 Å². The van der Waals surface area contributed by atoms with E-state index >= 15 is 0 Å². The standard InChI is InChI=1S/C12H13ClN2OS/c13-9-4-1-5-10-11(9)15-12(17-10)14-7-8-3-2-6-16-8/h1,4-5,8H,2-3,6-7H2,(H,14,15). The molecule has 2 heterocycles. The number of aromatic nitrogens is 1. The van der Waals surface area contributed by atoms with Gasteiger partial charge in [-0.15, -0.1) is 0 Å². The third-order valence-electron chi connectivity index (χ3n) is 2.87. The lowest BCUT2D eigenvalue weighted by Gasteiger charge is -2.08. The van der Waals surface area contributed by atoms with Gasteiger partial charge in [-0.25, -0.2) is 4.98 Å². The van der Waals surface area contributed by atoms with Crippen molar-refractivity contribution in [2.75, 3.05) is 18.5 Å². The Morgan fingerprint density at radius 3 is 3.24 bits per heavy atom. The van der Waals surface area contributed by atoms with E-state index in [2.05, 4.69) is 10.3 Å². The summed E-state index contributed by atoms with van der Waals surface area (Å²) < 4.78 is 6.68. The summed E-state index contributed by atoms with van der Waals surface area (Å²) in [6.45, 7) is 1.72. The van der Waals surface area contributed by atoms with Crippen molar-refractivity contribution < 1.29 is 4.74 Å². The van der Waals surface area contributed by atoms with Crippen LogP contribution in [0.3, 0.4) is 0 Å². The second kappa shape index (κ2) is 4.80. The molecule has 1 fully saturated rings. The molecule has 0 radical (unpaired) electrons. The number of halogens is 1. The van der Waals surface area contributed by atoms with E-state index in [1.54, 1.807) is 11.3 Å². The summed E-state index contributed by atoms with van der Waals surface area (Å²) in [6.07, 6.45) is 2.63. The highest BCUT2D eigenvalue weighted by Crippen LogP contribution is 2.30. The van der Waals surface area contributed by atoms with E-state index in [0.717, 1.165) is 41.3 Å². The maximum atomic E-state index is 6.09. The van der Waals surface area contributed by atoms with E-state index in [4.69, 9.17) is 16.3 Å². The lowest BCUT2D eigenvalue weighted by Crippen LogP contribution is -2.18. The topological polar surface area (TPSA) is 34.1 Å². The van der Waals surface area contributed by atoms with Crippen LogP contribution in [0.1, 0.15) is 12.8 Å². The lowest BCUT2D eigenvalue weighted by atomic mass is 10.2. The van der Waals surface area contributed by atoms with Crippen LogP contribution in [-0.2, 0) is 4.74 Å². The van der Waals surface area contributed by atoms with Crippen molar-refractivity contribution >= 4 is 38.3 Å². The van der Waals surface area contributed by atoms with Crippen LogP contribution >= 0.6 is 22.9 Å². The number of hydrogen-bond acceptors (Lipinski definition) is 4. The molecule has 1 saturated heterocycles. The predicted octanol–water partition coefficient (Wildman–Crippen LogP) is 3.54. The average molecular weight is 269 g/mol. The van der Waals surface area contributed by atoms with Gasteiger partial charge in [0.25, 0.3) is 0 Å². The molecule has 1 atom stereocenters. The van der Waals surface area contributed by atoms with Crippen molar-refractivity contribution in [1.29, 1.82) is 0 Å². The maximum Gasteiger partial charge on any atom is 0.183 e. The second-order valence-corrected chi connectivity index (χ2v) is 5.56. The zero-order valence-electron chi connectivity index (χ0n) is 9.28. The normalized spacial score (nSPS) is 19.9. The minimum Gasteiger partial charge on any atom is -0.376 e. The number of ether oxygens (including phenoxy) is 1. The highest BCUT2D eigenvalue weighted by molar-refractivity contribution is 7.22. The summed E-state index contributed by atoms with van der Waals surface area (Å²) >= 11 is 7.72. The number of benzene rings is 1. The molecular weight excluding hydrogens is 256 g/mol. The van der Waals surface area contributed by atoms with Crippen LogP contribution in [0.5, 0.6) is 0 Å². The molecule has 3 nitrogen and oxygen atoms in total. The molecule has 1 aliphatic rings. The molecule has 3 rings (SSSR count). The molecule has 90 valence electrons. The van der Waals surface area contributed by atoms with Gasteiger partial charge in [0.05, 0.1) is 15.8 Å². The number of hydrogen-bond donors (Lipinski definition) is 1. The van der Waals surface area contributed by atoms with Gasteiger partial charge in [-0.3, -0.25) is 0 Å². The maximum absolute atomic E-state index is 6.09. The van der Waals surface area contributed by atoms with E-state index in [1.807, 2.05) is 18.2 Å². The Morgan fingerprint density at radius 2 is 2.47 bits per heavy atom. The Bertz CT molecular complexity index is 522. The molecule has 0 bridgehead atoms. The third-order valence-corrected chi connectivity index (χ3v) is 4.16. The molecule has 0 saturated carbocycles. The molecule has 1 aromatic carbocycles. The monoisotopic (exact) mass is 268 g/mol. The van der Waals surface area contributed by atoms with E-state index in [9.17, 15) is 0 Å². The Labute approximate surface area is 109 Å². The van der Waals surface area contributed by atoms with Crippen molar-refractivity contribution in [1.82, 2.24) is 4.98 Å². The number of para-hydroxylation sites is 1. The van der Waals surface area contributed by atoms with Crippen LogP contribution in [0.15, 0.2) is 18.2 Å². The smallest absolute Gasteiger partial charge is 0.183 e. The lowest BCUT2D eigenvalue weighted by molar-refractivity contribution is 0.120. The van der Waals surface area contributed by atoms with Crippen LogP contribution in [0.4, 0.5) is 5.13 Å². The van der Waals surface area contributed by atoms with Gasteiger partial charge in [0, 0.05) is 13.2 Å². The Balaban J connectivity index is 1.74. The molecular formula is C12H13ClN2OS. The van der Waals surface area contributed by atoms with Gasteiger partial charge in [0.15, 0.2) is 5.13 Å². The summed E-state index contributed by atoms with van der Waals surface area (Å²) in [5.74, 6) is 0. The average Bonchev–Trinajstić information content (AvgIpc) is 2.95. The molecule has 0 spiro atoms. The first kappa shape index (κ1) is 11.3. The summed E-state index contributed by atoms with van der Waals surface area (Å²) in [5, 5.41) is 4.96. The van der Waals surface area contributed by atoms with E-state index in [-0.39, 0.29) is 0 Å². The fourth-order valence-corrected chi connectivity index (χ4v) is 3.17. The Hall–Kier alpha value is -0.840. The molecule has 5 heteroatoms. The fraction of sp³-hybridized carbons (Fsp3) is 0.417.